The van der Waals surface area contributed by atoms with E-state index in [1.165, 1.54) is 4.90 Å². The molecule has 1 aliphatic heterocycles. The molecule has 122 valence electrons. The third-order valence-electron chi connectivity index (χ3n) is 2.86. The highest BCUT2D eigenvalue weighted by atomic mass is 19.2. The van der Waals surface area contributed by atoms with Crippen molar-refractivity contribution in [1.82, 2.24) is 4.90 Å². The maximum absolute atomic E-state index is 13.4. The Hall–Kier alpha value is -1.99. The summed E-state index contributed by atoms with van der Waals surface area (Å²) in [5.74, 6) is -7.41. The van der Waals surface area contributed by atoms with Gasteiger partial charge < -0.3 is 14.4 Å². The van der Waals surface area contributed by atoms with Gasteiger partial charge in [0.1, 0.15) is 11.7 Å². The molecule has 0 radical (unpaired) electrons. The van der Waals surface area contributed by atoms with E-state index >= 15 is 0 Å². The number of carbonyl (C=O) groups is 1. The lowest BCUT2D eigenvalue weighted by atomic mass is 10.1. The maximum atomic E-state index is 13.4. The molecule has 1 aliphatic rings. The number of likely N-dealkylation sites (tertiary alicyclic amines) is 1. The summed E-state index contributed by atoms with van der Waals surface area (Å²) in [5.41, 5.74) is -0.674. The molecule has 1 heterocycles. The fourth-order valence-electron chi connectivity index (χ4n) is 1.81. The number of ether oxygens (including phenoxy) is 2. The van der Waals surface area contributed by atoms with Gasteiger partial charge in [0.25, 0.3) is 0 Å². The smallest absolute Gasteiger partial charge is 0.410 e. The van der Waals surface area contributed by atoms with Crippen molar-refractivity contribution in [1.29, 1.82) is 0 Å². The van der Waals surface area contributed by atoms with E-state index in [-0.39, 0.29) is 19.2 Å². The van der Waals surface area contributed by atoms with Crippen LogP contribution in [0, 0.1) is 23.3 Å². The Morgan fingerprint density at radius 1 is 1.14 bits per heavy atom. The average molecular weight is 321 g/mol. The molecular formula is C14H15F4NO3. The van der Waals surface area contributed by atoms with Crippen LogP contribution in [0.2, 0.25) is 0 Å². The van der Waals surface area contributed by atoms with Gasteiger partial charge in [-0.05, 0) is 20.8 Å². The zero-order valence-corrected chi connectivity index (χ0v) is 12.3. The van der Waals surface area contributed by atoms with Crippen molar-refractivity contribution in [3.05, 3.63) is 29.3 Å². The topological polar surface area (TPSA) is 38.8 Å². The summed E-state index contributed by atoms with van der Waals surface area (Å²) in [5, 5.41) is 0. The van der Waals surface area contributed by atoms with Gasteiger partial charge >= 0.3 is 6.09 Å². The first-order valence-corrected chi connectivity index (χ1v) is 6.56. The third-order valence-corrected chi connectivity index (χ3v) is 2.86. The number of benzene rings is 1. The average Bonchev–Trinajstić information content (AvgIpc) is 2.31. The van der Waals surface area contributed by atoms with Gasteiger partial charge in [0.15, 0.2) is 17.4 Å². The Morgan fingerprint density at radius 2 is 1.64 bits per heavy atom. The van der Waals surface area contributed by atoms with Crippen LogP contribution >= 0.6 is 0 Å². The minimum Gasteiger partial charge on any atom is -0.480 e. The second kappa shape index (κ2) is 5.66. The van der Waals surface area contributed by atoms with Gasteiger partial charge in [-0.15, -0.1) is 0 Å². The van der Waals surface area contributed by atoms with Gasteiger partial charge in [0.05, 0.1) is 13.1 Å². The van der Waals surface area contributed by atoms with Crippen molar-refractivity contribution in [2.75, 3.05) is 13.1 Å². The predicted molar refractivity (Wildman–Crippen MR) is 68.5 cm³/mol. The largest absolute Gasteiger partial charge is 0.480 e. The summed E-state index contributed by atoms with van der Waals surface area (Å²) in [4.78, 5) is 12.9. The SMILES string of the molecule is CC(C)(C)OC(=O)N1CC(Oc2c(F)c(F)cc(F)c2F)C1. The van der Waals surface area contributed by atoms with E-state index in [1.54, 1.807) is 20.8 Å². The van der Waals surface area contributed by atoms with Gasteiger partial charge in [-0.25, -0.2) is 13.6 Å². The van der Waals surface area contributed by atoms with Crippen LogP contribution in [0.3, 0.4) is 0 Å². The molecule has 0 aromatic heterocycles. The van der Waals surface area contributed by atoms with Gasteiger partial charge in [-0.1, -0.05) is 0 Å². The highest BCUT2D eigenvalue weighted by Gasteiger charge is 2.36. The van der Waals surface area contributed by atoms with Crippen molar-refractivity contribution in [3.63, 3.8) is 0 Å². The van der Waals surface area contributed by atoms with Gasteiger partial charge in [0, 0.05) is 6.07 Å². The molecule has 0 N–H and O–H groups in total. The van der Waals surface area contributed by atoms with E-state index in [0.717, 1.165) is 0 Å². The summed E-state index contributed by atoms with van der Waals surface area (Å²) in [7, 11) is 0. The molecule has 22 heavy (non-hydrogen) atoms. The van der Waals surface area contributed by atoms with Crippen molar-refractivity contribution in [2.24, 2.45) is 0 Å². The molecule has 1 saturated heterocycles. The first-order valence-electron chi connectivity index (χ1n) is 6.56. The Kier molecular flexibility index (Phi) is 4.21. The lowest BCUT2D eigenvalue weighted by molar-refractivity contribution is -0.0241. The number of hydrogen-bond donors (Lipinski definition) is 0. The lowest BCUT2D eigenvalue weighted by Gasteiger charge is -2.39. The monoisotopic (exact) mass is 321 g/mol. The molecule has 0 spiro atoms. The number of amides is 1. The van der Waals surface area contributed by atoms with Crippen LogP contribution < -0.4 is 4.74 Å². The first kappa shape index (κ1) is 16.4. The van der Waals surface area contributed by atoms with Crippen LogP contribution in [0.15, 0.2) is 6.07 Å². The summed E-state index contributed by atoms with van der Waals surface area (Å²) >= 11 is 0. The van der Waals surface area contributed by atoms with Crippen LogP contribution in [0.4, 0.5) is 22.4 Å². The van der Waals surface area contributed by atoms with Crippen molar-refractivity contribution >= 4 is 6.09 Å². The Bertz CT molecular complexity index is 568. The van der Waals surface area contributed by atoms with Crippen LogP contribution in [0.5, 0.6) is 5.75 Å². The van der Waals surface area contributed by atoms with E-state index in [1.807, 2.05) is 0 Å². The van der Waals surface area contributed by atoms with Gasteiger partial charge in [-0.2, -0.15) is 8.78 Å². The number of hydrogen-bond acceptors (Lipinski definition) is 3. The number of halogens is 4. The van der Waals surface area contributed by atoms with E-state index in [4.69, 9.17) is 9.47 Å². The fraction of sp³-hybridized carbons (Fsp3) is 0.500. The third kappa shape index (κ3) is 3.42. The zero-order valence-electron chi connectivity index (χ0n) is 12.3. The second-order valence-corrected chi connectivity index (χ2v) is 5.92. The molecule has 0 atom stereocenters. The highest BCUT2D eigenvalue weighted by Crippen LogP contribution is 2.29. The van der Waals surface area contributed by atoms with Gasteiger partial charge in [0.2, 0.25) is 11.6 Å². The van der Waals surface area contributed by atoms with Crippen molar-refractivity contribution in [2.45, 2.75) is 32.5 Å². The van der Waals surface area contributed by atoms with Crippen LogP contribution in [0.1, 0.15) is 20.8 Å². The summed E-state index contributed by atoms with van der Waals surface area (Å²) in [6, 6.07) is 0.102. The Labute approximate surface area is 124 Å². The molecule has 1 fully saturated rings. The summed E-state index contributed by atoms with van der Waals surface area (Å²) in [6.45, 7) is 5.09. The second-order valence-electron chi connectivity index (χ2n) is 5.92. The molecule has 8 heteroatoms. The molecule has 1 aromatic carbocycles. The maximum Gasteiger partial charge on any atom is 0.410 e. The molecule has 2 rings (SSSR count). The quantitative estimate of drug-likeness (QED) is 0.620. The molecular weight excluding hydrogens is 306 g/mol. The molecule has 0 saturated carbocycles. The Balaban J connectivity index is 1.98. The summed E-state index contributed by atoms with van der Waals surface area (Å²) < 4.78 is 62.9. The standard InChI is InChI=1S/C14H15F4NO3/c1-14(2,3)22-13(20)19-5-7(6-19)21-12-10(17)8(15)4-9(16)11(12)18/h4,7H,5-6H2,1-3H3. The Morgan fingerprint density at radius 3 is 2.09 bits per heavy atom. The van der Waals surface area contributed by atoms with E-state index in [2.05, 4.69) is 0 Å². The number of rotatable bonds is 2. The minimum absolute atomic E-state index is 0.00588. The molecule has 1 amide bonds. The summed E-state index contributed by atoms with van der Waals surface area (Å²) in [6.07, 6.45) is -1.36. The lowest BCUT2D eigenvalue weighted by Crippen LogP contribution is -2.57. The van der Waals surface area contributed by atoms with Crippen LogP contribution in [0.25, 0.3) is 0 Å². The van der Waals surface area contributed by atoms with Crippen molar-refractivity contribution in [3.8, 4) is 5.75 Å². The van der Waals surface area contributed by atoms with Gasteiger partial charge in [-0.3, -0.25) is 0 Å². The molecule has 0 bridgehead atoms. The highest BCUT2D eigenvalue weighted by molar-refractivity contribution is 5.69. The van der Waals surface area contributed by atoms with Crippen LogP contribution in [-0.2, 0) is 4.74 Å². The molecule has 1 aromatic rings. The van der Waals surface area contributed by atoms with Crippen LogP contribution in [-0.4, -0.2) is 35.8 Å². The van der Waals surface area contributed by atoms with Crippen molar-refractivity contribution < 1.29 is 31.8 Å². The fourth-order valence-corrected chi connectivity index (χ4v) is 1.81. The first-order chi connectivity index (χ1) is 10.1. The zero-order chi connectivity index (χ0) is 16.7. The minimum atomic E-state index is -1.60. The molecule has 0 aliphatic carbocycles. The predicted octanol–water partition coefficient (Wildman–Crippen LogP) is 3.24. The molecule has 0 unspecified atom stereocenters. The molecule has 4 nitrogen and oxygen atoms in total. The van der Waals surface area contributed by atoms with E-state index in [9.17, 15) is 22.4 Å². The van der Waals surface area contributed by atoms with E-state index in [0.29, 0.717) is 0 Å². The normalized spacial score (nSPS) is 15.5. The number of nitrogens with zero attached hydrogens (tertiary/aromatic N) is 1. The van der Waals surface area contributed by atoms with E-state index < -0.39 is 46.8 Å². The number of carbonyl (C=O) groups excluding carboxylic acids is 1.